The molecule has 1 N–H and O–H groups in total. The summed E-state index contributed by atoms with van der Waals surface area (Å²) < 4.78 is 6.00. The Morgan fingerprint density at radius 2 is 1.76 bits per heavy atom. The van der Waals surface area contributed by atoms with Gasteiger partial charge in [0.05, 0.1) is 18.3 Å². The Hall–Kier alpha value is -0.0800. The van der Waals surface area contributed by atoms with Crippen molar-refractivity contribution >= 4 is 0 Å². The van der Waals surface area contributed by atoms with Crippen molar-refractivity contribution in [3.05, 3.63) is 0 Å². The van der Waals surface area contributed by atoms with Gasteiger partial charge in [-0.3, -0.25) is 0 Å². The minimum Gasteiger partial charge on any atom is -0.393 e. The van der Waals surface area contributed by atoms with Gasteiger partial charge in [0.15, 0.2) is 0 Å². The van der Waals surface area contributed by atoms with Crippen molar-refractivity contribution in [2.75, 3.05) is 6.61 Å². The fourth-order valence-electron chi connectivity index (χ4n) is 7.32. The van der Waals surface area contributed by atoms with Crippen LogP contribution in [-0.4, -0.2) is 23.4 Å². The van der Waals surface area contributed by atoms with Crippen molar-refractivity contribution < 1.29 is 9.84 Å². The maximum atomic E-state index is 10.00. The zero-order valence-electron chi connectivity index (χ0n) is 13.4. The molecule has 5 rings (SSSR count). The minimum atomic E-state index is 0.00581. The lowest BCUT2D eigenvalue weighted by Crippen LogP contribution is -2.49. The van der Waals surface area contributed by atoms with E-state index in [4.69, 9.17) is 4.74 Å². The quantitative estimate of drug-likeness (QED) is 0.689. The third kappa shape index (κ3) is 1.72. The first kappa shape index (κ1) is 13.4. The predicted octanol–water partition coefficient (Wildman–Crippen LogP) is 3.77. The fraction of sp³-hybridized carbons (Fsp3) is 1.00. The first-order valence-electron chi connectivity index (χ1n) is 9.43. The van der Waals surface area contributed by atoms with Crippen LogP contribution in [-0.2, 0) is 4.74 Å². The molecule has 8 atom stereocenters. The van der Waals surface area contributed by atoms with Crippen molar-refractivity contribution in [2.45, 2.75) is 76.4 Å². The van der Waals surface area contributed by atoms with Gasteiger partial charge in [-0.25, -0.2) is 0 Å². The molecule has 0 aromatic heterocycles. The second-order valence-corrected chi connectivity index (χ2v) is 9.27. The van der Waals surface area contributed by atoms with Gasteiger partial charge < -0.3 is 9.84 Å². The molecule has 0 bridgehead atoms. The van der Waals surface area contributed by atoms with E-state index in [0.717, 1.165) is 49.0 Å². The number of hydrogen-bond donors (Lipinski definition) is 1. The molecule has 4 saturated carbocycles. The molecular weight excluding hydrogens is 260 g/mol. The Labute approximate surface area is 128 Å². The van der Waals surface area contributed by atoms with E-state index in [-0.39, 0.29) is 6.10 Å². The molecule has 1 aliphatic heterocycles. The standard InChI is InChI=1S/C19H30O2/c1-18-10-13-3-2-12-8-15(20)4-5-16(12)17(13)9-14(18)6-7-19(18)11-21-19/h12-17,20H,2-11H2,1H3/t12-,13+,14-,15?,16+,17?,18-,19+/m1/s1. The van der Waals surface area contributed by atoms with Gasteiger partial charge in [0.1, 0.15) is 0 Å². The lowest BCUT2D eigenvalue weighted by Gasteiger charge is -2.55. The summed E-state index contributed by atoms with van der Waals surface area (Å²) in [5.41, 5.74) is 0.803. The lowest BCUT2D eigenvalue weighted by molar-refractivity contribution is -0.0719. The summed E-state index contributed by atoms with van der Waals surface area (Å²) in [5, 5.41) is 10.00. The molecule has 118 valence electrons. The highest BCUT2D eigenvalue weighted by molar-refractivity contribution is 5.16. The van der Waals surface area contributed by atoms with Crippen molar-refractivity contribution in [3.63, 3.8) is 0 Å². The first-order chi connectivity index (χ1) is 10.1. The second kappa shape index (κ2) is 4.26. The number of hydrogen-bond acceptors (Lipinski definition) is 2. The molecule has 0 aromatic rings. The van der Waals surface area contributed by atoms with Crippen LogP contribution >= 0.6 is 0 Å². The number of aliphatic hydroxyl groups excluding tert-OH is 1. The molecule has 1 spiro atoms. The van der Waals surface area contributed by atoms with Gasteiger partial charge in [-0.1, -0.05) is 6.92 Å². The topological polar surface area (TPSA) is 32.8 Å². The molecule has 0 amide bonds. The summed E-state index contributed by atoms with van der Waals surface area (Å²) in [6.45, 7) is 3.61. The van der Waals surface area contributed by atoms with Crippen LogP contribution in [0.25, 0.3) is 0 Å². The zero-order valence-corrected chi connectivity index (χ0v) is 13.4. The molecule has 5 aliphatic rings. The highest BCUT2D eigenvalue weighted by atomic mass is 16.6. The van der Waals surface area contributed by atoms with Gasteiger partial charge in [0.2, 0.25) is 0 Å². The summed E-state index contributed by atoms with van der Waals surface area (Å²) in [5.74, 6) is 4.64. The van der Waals surface area contributed by atoms with Gasteiger partial charge in [-0.15, -0.1) is 0 Å². The highest BCUT2D eigenvalue weighted by Gasteiger charge is 2.68. The van der Waals surface area contributed by atoms with E-state index >= 15 is 0 Å². The van der Waals surface area contributed by atoms with Crippen LogP contribution in [0.4, 0.5) is 0 Å². The molecule has 21 heavy (non-hydrogen) atoms. The Morgan fingerprint density at radius 1 is 0.952 bits per heavy atom. The van der Waals surface area contributed by atoms with Gasteiger partial charge in [-0.05, 0) is 87.4 Å². The van der Waals surface area contributed by atoms with Crippen LogP contribution < -0.4 is 0 Å². The number of aliphatic hydroxyl groups is 1. The maximum absolute atomic E-state index is 10.00. The third-order valence-corrected chi connectivity index (χ3v) is 8.65. The highest BCUT2D eigenvalue weighted by Crippen LogP contribution is 2.68. The molecule has 2 nitrogen and oxygen atoms in total. The molecule has 4 aliphatic carbocycles. The summed E-state index contributed by atoms with van der Waals surface area (Å²) in [7, 11) is 0. The molecule has 2 unspecified atom stereocenters. The van der Waals surface area contributed by atoms with E-state index in [0.29, 0.717) is 11.0 Å². The van der Waals surface area contributed by atoms with Crippen molar-refractivity contribution in [1.29, 1.82) is 0 Å². The average molecular weight is 290 g/mol. The molecule has 1 saturated heterocycles. The van der Waals surface area contributed by atoms with Crippen LogP contribution in [0.3, 0.4) is 0 Å². The average Bonchev–Trinajstić information content (AvgIpc) is 3.20. The predicted molar refractivity (Wildman–Crippen MR) is 81.8 cm³/mol. The first-order valence-corrected chi connectivity index (χ1v) is 9.43. The molecule has 5 fully saturated rings. The Balaban J connectivity index is 1.40. The van der Waals surface area contributed by atoms with E-state index in [1.165, 1.54) is 44.9 Å². The van der Waals surface area contributed by atoms with Crippen molar-refractivity contribution in [2.24, 2.45) is 35.0 Å². The van der Waals surface area contributed by atoms with Crippen molar-refractivity contribution in [1.82, 2.24) is 0 Å². The summed E-state index contributed by atoms with van der Waals surface area (Å²) in [6, 6.07) is 0. The number of ether oxygens (including phenoxy) is 1. The van der Waals surface area contributed by atoms with Crippen LogP contribution in [0.5, 0.6) is 0 Å². The van der Waals surface area contributed by atoms with Crippen LogP contribution in [0, 0.1) is 35.0 Å². The summed E-state index contributed by atoms with van der Waals surface area (Å²) >= 11 is 0. The van der Waals surface area contributed by atoms with Crippen LogP contribution in [0.1, 0.15) is 64.7 Å². The molecule has 1 heterocycles. The molecular formula is C19H30O2. The third-order valence-electron chi connectivity index (χ3n) is 8.65. The minimum absolute atomic E-state index is 0.00581. The van der Waals surface area contributed by atoms with E-state index in [1.54, 1.807) is 0 Å². The number of rotatable bonds is 0. The van der Waals surface area contributed by atoms with Crippen molar-refractivity contribution in [3.8, 4) is 0 Å². The van der Waals surface area contributed by atoms with E-state index in [9.17, 15) is 5.11 Å². The Kier molecular flexibility index (Phi) is 2.71. The lowest BCUT2D eigenvalue weighted by atomic mass is 9.50. The SMILES string of the molecule is C[C@@]12C[C@@H]3CC[C@@H]4CC(O)CC[C@@H]4C3C[C@H]1CC[C@]21CO1. The van der Waals surface area contributed by atoms with Crippen LogP contribution in [0.15, 0.2) is 0 Å². The van der Waals surface area contributed by atoms with E-state index in [1.807, 2.05) is 0 Å². The van der Waals surface area contributed by atoms with Gasteiger partial charge >= 0.3 is 0 Å². The Bertz CT molecular complexity index is 443. The molecule has 0 radical (unpaired) electrons. The molecule has 0 aromatic carbocycles. The fourth-order valence-corrected chi connectivity index (χ4v) is 7.32. The van der Waals surface area contributed by atoms with Gasteiger partial charge in [0, 0.05) is 5.41 Å². The van der Waals surface area contributed by atoms with Gasteiger partial charge in [-0.2, -0.15) is 0 Å². The van der Waals surface area contributed by atoms with Crippen LogP contribution in [0.2, 0.25) is 0 Å². The van der Waals surface area contributed by atoms with E-state index < -0.39 is 0 Å². The second-order valence-electron chi connectivity index (χ2n) is 9.27. The number of fused-ring (bicyclic) bond motifs is 5. The normalized spacial score (nSPS) is 62.0. The summed E-state index contributed by atoms with van der Waals surface area (Å²) in [4.78, 5) is 0. The Morgan fingerprint density at radius 3 is 2.57 bits per heavy atom. The largest absolute Gasteiger partial charge is 0.393 e. The smallest absolute Gasteiger partial charge is 0.0972 e. The zero-order chi connectivity index (χ0) is 14.2. The number of epoxide rings is 1. The monoisotopic (exact) mass is 290 g/mol. The summed E-state index contributed by atoms with van der Waals surface area (Å²) in [6.07, 6.45) is 12.0. The molecule has 2 heteroatoms. The maximum Gasteiger partial charge on any atom is 0.0972 e. The van der Waals surface area contributed by atoms with Gasteiger partial charge in [0.25, 0.3) is 0 Å². The van der Waals surface area contributed by atoms with E-state index in [2.05, 4.69) is 6.92 Å².